The predicted molar refractivity (Wildman–Crippen MR) is 44.3 cm³/mol. The van der Waals surface area contributed by atoms with Crippen molar-refractivity contribution in [3.63, 3.8) is 0 Å². The van der Waals surface area contributed by atoms with Gasteiger partial charge in [-0.2, -0.15) is 5.26 Å². The molecule has 0 aromatic carbocycles. The maximum Gasteiger partial charge on any atom is 0.117 e. The third kappa shape index (κ3) is 3.16. The summed E-state index contributed by atoms with van der Waals surface area (Å²) < 4.78 is 11.9. The lowest BCUT2D eigenvalue weighted by molar-refractivity contribution is 0.0741. The Morgan fingerprint density at radius 1 is 1.67 bits per heavy atom. The first kappa shape index (κ1) is 11.3. The maximum absolute atomic E-state index is 11.9. The van der Waals surface area contributed by atoms with Crippen molar-refractivity contribution in [2.75, 3.05) is 20.3 Å². The van der Waals surface area contributed by atoms with Gasteiger partial charge in [0.15, 0.2) is 0 Å². The number of hydrogen-bond acceptors (Lipinski definition) is 3. The molecule has 1 N–H and O–H groups in total. The number of aliphatic hydroxyl groups is 1. The number of hydrogen-bond donors (Lipinski definition) is 1. The number of β-amino-alcohol motifs (C(OH)–C–C–N with tert-alkyl or cyclic N) is 1. The van der Waals surface area contributed by atoms with E-state index in [1.54, 1.807) is 25.8 Å². The Balaban J connectivity index is 4.05. The molecule has 4 heteroatoms. The van der Waals surface area contributed by atoms with E-state index in [0.29, 0.717) is 0 Å². The van der Waals surface area contributed by atoms with Gasteiger partial charge < -0.3 is 5.11 Å². The van der Waals surface area contributed by atoms with Crippen LogP contribution in [0.3, 0.4) is 0 Å². The van der Waals surface area contributed by atoms with E-state index in [1.807, 2.05) is 0 Å². The van der Waals surface area contributed by atoms with Gasteiger partial charge in [0.1, 0.15) is 12.2 Å². The van der Waals surface area contributed by atoms with Crippen LogP contribution in [-0.2, 0) is 0 Å². The Morgan fingerprint density at radius 3 is 2.50 bits per heavy atom. The monoisotopic (exact) mass is 174 g/mol. The van der Waals surface area contributed by atoms with Gasteiger partial charge in [0.2, 0.25) is 0 Å². The zero-order valence-corrected chi connectivity index (χ0v) is 7.71. The van der Waals surface area contributed by atoms with Crippen LogP contribution in [0.15, 0.2) is 0 Å². The number of nitrogens with zero attached hydrogens (tertiary/aromatic N) is 2. The van der Waals surface area contributed by atoms with Gasteiger partial charge in [-0.1, -0.05) is 0 Å². The summed E-state index contributed by atoms with van der Waals surface area (Å²) in [5.74, 6) is 0. The molecule has 0 aliphatic rings. The second-order valence-electron chi connectivity index (χ2n) is 3.36. The molecule has 0 radical (unpaired) electrons. The minimum atomic E-state index is -0.998. The summed E-state index contributed by atoms with van der Waals surface area (Å²) >= 11 is 0. The van der Waals surface area contributed by atoms with E-state index in [0.717, 1.165) is 0 Å². The second-order valence-corrected chi connectivity index (χ2v) is 3.36. The SMILES string of the molecule is CN(CC(O)CF)C(C)(C)C#N. The summed E-state index contributed by atoms with van der Waals surface area (Å²) in [7, 11) is 1.68. The molecule has 0 aliphatic heterocycles. The third-order valence-electron chi connectivity index (χ3n) is 1.89. The Morgan fingerprint density at radius 2 is 2.17 bits per heavy atom. The fraction of sp³-hybridized carbons (Fsp3) is 0.875. The van der Waals surface area contributed by atoms with Gasteiger partial charge in [-0.3, -0.25) is 4.90 Å². The molecule has 1 unspecified atom stereocenters. The summed E-state index contributed by atoms with van der Waals surface area (Å²) in [4.78, 5) is 1.62. The molecule has 3 nitrogen and oxygen atoms in total. The molecule has 0 saturated heterocycles. The van der Waals surface area contributed by atoms with Crippen molar-refractivity contribution >= 4 is 0 Å². The van der Waals surface area contributed by atoms with Crippen molar-refractivity contribution in [1.82, 2.24) is 4.90 Å². The van der Waals surface area contributed by atoms with Gasteiger partial charge in [-0.25, -0.2) is 4.39 Å². The van der Waals surface area contributed by atoms with Crippen LogP contribution in [0.25, 0.3) is 0 Å². The van der Waals surface area contributed by atoms with Gasteiger partial charge in [-0.05, 0) is 20.9 Å². The summed E-state index contributed by atoms with van der Waals surface area (Å²) in [5.41, 5.74) is -0.657. The fourth-order valence-corrected chi connectivity index (χ4v) is 0.678. The molecule has 0 amide bonds. The topological polar surface area (TPSA) is 47.3 Å². The Labute approximate surface area is 72.4 Å². The van der Waals surface area contributed by atoms with Crippen LogP contribution in [0.5, 0.6) is 0 Å². The first-order valence-corrected chi connectivity index (χ1v) is 3.80. The van der Waals surface area contributed by atoms with Crippen molar-refractivity contribution in [3.8, 4) is 6.07 Å². The molecule has 0 heterocycles. The number of likely N-dealkylation sites (N-methyl/N-ethyl adjacent to an activating group) is 1. The summed E-state index contributed by atoms with van der Waals surface area (Å²) in [6.07, 6.45) is -0.998. The quantitative estimate of drug-likeness (QED) is 0.677. The Hall–Kier alpha value is -0.660. The van der Waals surface area contributed by atoms with E-state index in [-0.39, 0.29) is 6.54 Å². The molecule has 0 aromatic rings. The lowest BCUT2D eigenvalue weighted by Crippen LogP contribution is -2.44. The fourth-order valence-electron chi connectivity index (χ4n) is 0.678. The second kappa shape index (κ2) is 4.39. The van der Waals surface area contributed by atoms with Crippen LogP contribution in [-0.4, -0.2) is 41.9 Å². The molecule has 12 heavy (non-hydrogen) atoms. The third-order valence-corrected chi connectivity index (χ3v) is 1.89. The molecule has 0 aromatic heterocycles. The number of nitriles is 1. The molecule has 0 spiro atoms. The van der Waals surface area contributed by atoms with E-state index in [4.69, 9.17) is 10.4 Å². The number of alkyl halides is 1. The summed E-state index contributed by atoms with van der Waals surface area (Å²) in [6.45, 7) is 2.85. The van der Waals surface area contributed by atoms with Crippen LogP contribution in [0.4, 0.5) is 4.39 Å². The first-order valence-electron chi connectivity index (χ1n) is 3.80. The van der Waals surface area contributed by atoms with E-state index < -0.39 is 18.3 Å². The van der Waals surface area contributed by atoms with Crippen LogP contribution >= 0.6 is 0 Å². The van der Waals surface area contributed by atoms with Crippen molar-refractivity contribution in [3.05, 3.63) is 0 Å². The average molecular weight is 174 g/mol. The standard InChI is InChI=1S/C8H15FN2O/c1-8(2,6-10)11(3)5-7(12)4-9/h7,12H,4-5H2,1-3H3. The van der Waals surface area contributed by atoms with Gasteiger partial charge in [0, 0.05) is 6.54 Å². The van der Waals surface area contributed by atoms with E-state index in [2.05, 4.69) is 6.07 Å². The molecule has 0 aliphatic carbocycles. The van der Waals surface area contributed by atoms with Crippen molar-refractivity contribution < 1.29 is 9.50 Å². The minimum Gasteiger partial charge on any atom is -0.389 e. The average Bonchev–Trinajstić information content (AvgIpc) is 2.04. The van der Waals surface area contributed by atoms with E-state index >= 15 is 0 Å². The lowest BCUT2D eigenvalue weighted by atomic mass is 10.1. The molecule has 0 saturated carbocycles. The number of aliphatic hydroxyl groups excluding tert-OH is 1. The van der Waals surface area contributed by atoms with Gasteiger partial charge in [-0.15, -0.1) is 0 Å². The van der Waals surface area contributed by atoms with E-state index in [1.165, 1.54) is 0 Å². The Bertz CT molecular complexity index is 176. The van der Waals surface area contributed by atoms with E-state index in [9.17, 15) is 4.39 Å². The van der Waals surface area contributed by atoms with Crippen molar-refractivity contribution in [2.45, 2.75) is 25.5 Å². The highest BCUT2D eigenvalue weighted by Crippen LogP contribution is 2.10. The highest BCUT2D eigenvalue weighted by molar-refractivity contribution is 5.00. The highest BCUT2D eigenvalue weighted by atomic mass is 19.1. The van der Waals surface area contributed by atoms with Crippen LogP contribution < -0.4 is 0 Å². The predicted octanol–water partition coefficient (Wildman–Crippen LogP) is 0.551. The normalized spacial score (nSPS) is 14.4. The lowest BCUT2D eigenvalue weighted by Gasteiger charge is -2.29. The first-order chi connectivity index (χ1) is 5.44. The smallest absolute Gasteiger partial charge is 0.117 e. The zero-order chi connectivity index (χ0) is 9.78. The Kier molecular flexibility index (Phi) is 4.15. The van der Waals surface area contributed by atoms with Gasteiger partial charge in [0.05, 0.1) is 12.2 Å². The molecular weight excluding hydrogens is 159 g/mol. The summed E-state index contributed by atoms with van der Waals surface area (Å²) in [6, 6.07) is 2.06. The number of halogens is 1. The van der Waals surface area contributed by atoms with Crippen molar-refractivity contribution in [2.24, 2.45) is 0 Å². The van der Waals surface area contributed by atoms with Crippen LogP contribution in [0.1, 0.15) is 13.8 Å². The maximum atomic E-state index is 11.9. The van der Waals surface area contributed by atoms with Crippen molar-refractivity contribution in [1.29, 1.82) is 5.26 Å². The number of rotatable bonds is 4. The minimum absolute atomic E-state index is 0.178. The van der Waals surface area contributed by atoms with Gasteiger partial charge >= 0.3 is 0 Å². The molecule has 0 bridgehead atoms. The zero-order valence-electron chi connectivity index (χ0n) is 7.71. The van der Waals surface area contributed by atoms with Crippen LogP contribution in [0.2, 0.25) is 0 Å². The molecule has 70 valence electrons. The molecule has 0 fully saturated rings. The summed E-state index contributed by atoms with van der Waals surface area (Å²) in [5, 5.41) is 17.6. The largest absolute Gasteiger partial charge is 0.389 e. The highest BCUT2D eigenvalue weighted by Gasteiger charge is 2.24. The molecule has 0 rings (SSSR count). The van der Waals surface area contributed by atoms with Gasteiger partial charge in [0.25, 0.3) is 0 Å². The van der Waals surface area contributed by atoms with Crippen LogP contribution in [0, 0.1) is 11.3 Å². The molecular formula is C8H15FN2O. The molecule has 1 atom stereocenters.